The van der Waals surface area contributed by atoms with E-state index in [1.54, 1.807) is 0 Å². The van der Waals surface area contributed by atoms with Gasteiger partial charge in [-0.2, -0.15) is 0 Å². The fourth-order valence-corrected chi connectivity index (χ4v) is 2.41. The Bertz CT molecular complexity index is 488. The van der Waals surface area contributed by atoms with E-state index in [2.05, 4.69) is 44.4 Å². The van der Waals surface area contributed by atoms with Gasteiger partial charge in [0.05, 0.1) is 12.1 Å². The van der Waals surface area contributed by atoms with Crippen LogP contribution in [0.3, 0.4) is 0 Å². The topological polar surface area (TPSA) is 29.3 Å². The normalized spacial score (nSPS) is 11.1. The fourth-order valence-electron chi connectivity index (χ4n) is 2.41. The Morgan fingerprint density at radius 3 is 2.29 bits per heavy atom. The van der Waals surface area contributed by atoms with Crippen molar-refractivity contribution in [3.05, 3.63) is 35.1 Å². The first kappa shape index (κ1) is 17.7. The van der Waals surface area contributed by atoms with Crippen molar-refractivity contribution in [1.29, 1.82) is 0 Å². The highest BCUT2D eigenvalue weighted by Gasteiger charge is 2.11. The van der Waals surface area contributed by atoms with Crippen LogP contribution in [0.25, 0.3) is 0 Å². The van der Waals surface area contributed by atoms with Gasteiger partial charge in [-0.1, -0.05) is 45.6 Å². The van der Waals surface area contributed by atoms with Gasteiger partial charge in [0.25, 0.3) is 0 Å². The third kappa shape index (κ3) is 6.75. The molecule has 1 aromatic rings. The molecule has 2 nitrogen and oxygen atoms in total. The van der Waals surface area contributed by atoms with Crippen molar-refractivity contribution in [1.82, 2.24) is 4.90 Å². The smallest absolute Gasteiger partial charge is 0.138 e. The molecule has 0 aromatic heterocycles. The average Bonchev–Trinajstić information content (AvgIpc) is 2.37. The molecule has 1 rings (SSSR count). The third-order valence-electron chi connectivity index (χ3n) is 3.01. The number of benzene rings is 1. The lowest BCUT2D eigenvalue weighted by Crippen LogP contribution is -2.30. The van der Waals surface area contributed by atoms with Crippen LogP contribution >= 0.6 is 0 Å². The van der Waals surface area contributed by atoms with E-state index < -0.39 is 0 Å². The average molecular weight is 290 g/mol. The van der Waals surface area contributed by atoms with Crippen molar-refractivity contribution in [2.45, 2.75) is 34.2 Å². The Morgan fingerprint density at radius 1 is 1.14 bits per heavy atom. The summed E-state index contributed by atoms with van der Waals surface area (Å²) in [7, 11) is 0. The van der Waals surface area contributed by atoms with E-state index in [4.69, 9.17) is 5.73 Å². The van der Waals surface area contributed by atoms with Crippen molar-refractivity contribution in [3.63, 3.8) is 0 Å². The minimum Gasteiger partial charge on any atom is -0.320 e. The summed E-state index contributed by atoms with van der Waals surface area (Å²) in [6, 6.07) is 5.18. The third-order valence-corrected chi connectivity index (χ3v) is 3.01. The van der Waals surface area contributed by atoms with E-state index in [0.717, 1.165) is 25.2 Å². The first-order valence-electron chi connectivity index (χ1n) is 7.62. The van der Waals surface area contributed by atoms with Gasteiger partial charge in [-0.3, -0.25) is 4.90 Å². The summed E-state index contributed by atoms with van der Waals surface area (Å²) in [6.45, 7) is 12.0. The number of halogens is 1. The SMILES string of the molecule is CC(C)CN(Cc1ccc(F)c(C#CCN)c1)CC(C)C. The number of hydrogen-bond donors (Lipinski definition) is 1. The first-order chi connectivity index (χ1) is 9.92. The Hall–Kier alpha value is -1.37. The number of nitrogens with zero attached hydrogens (tertiary/aromatic N) is 1. The van der Waals surface area contributed by atoms with Crippen LogP contribution in [0.1, 0.15) is 38.8 Å². The van der Waals surface area contributed by atoms with Gasteiger partial charge in [-0.15, -0.1) is 0 Å². The highest BCUT2D eigenvalue weighted by Crippen LogP contribution is 2.14. The first-order valence-corrected chi connectivity index (χ1v) is 7.62. The summed E-state index contributed by atoms with van der Waals surface area (Å²) in [5, 5.41) is 0. The second-order valence-electron chi connectivity index (χ2n) is 6.30. The Morgan fingerprint density at radius 2 is 1.76 bits per heavy atom. The molecule has 0 saturated carbocycles. The fraction of sp³-hybridized carbons (Fsp3) is 0.556. The van der Waals surface area contributed by atoms with Crippen molar-refractivity contribution in [2.24, 2.45) is 17.6 Å². The maximum absolute atomic E-state index is 13.7. The minimum absolute atomic E-state index is 0.247. The summed E-state index contributed by atoms with van der Waals surface area (Å²) < 4.78 is 13.7. The van der Waals surface area contributed by atoms with Gasteiger partial charge >= 0.3 is 0 Å². The summed E-state index contributed by atoms with van der Waals surface area (Å²) in [6.07, 6.45) is 0. The maximum atomic E-state index is 13.7. The van der Waals surface area contributed by atoms with Crippen molar-refractivity contribution in [2.75, 3.05) is 19.6 Å². The molecule has 0 bridgehead atoms. The molecule has 1 aromatic carbocycles. The van der Waals surface area contributed by atoms with Gasteiger partial charge in [-0.05, 0) is 29.5 Å². The summed E-state index contributed by atoms with van der Waals surface area (Å²) in [4.78, 5) is 2.42. The molecule has 0 unspecified atom stereocenters. The number of nitrogens with two attached hydrogens (primary N) is 1. The number of rotatable bonds is 6. The van der Waals surface area contributed by atoms with Crippen LogP contribution in [0, 0.1) is 29.5 Å². The second kappa shape index (κ2) is 8.81. The molecule has 0 heterocycles. The molecule has 116 valence electrons. The lowest BCUT2D eigenvalue weighted by atomic mass is 10.1. The molecule has 0 saturated heterocycles. The largest absolute Gasteiger partial charge is 0.320 e. The Balaban J connectivity index is 2.87. The zero-order valence-corrected chi connectivity index (χ0v) is 13.6. The van der Waals surface area contributed by atoms with Gasteiger partial charge in [0.2, 0.25) is 0 Å². The predicted molar refractivity (Wildman–Crippen MR) is 87.3 cm³/mol. The lowest BCUT2D eigenvalue weighted by Gasteiger charge is -2.26. The van der Waals surface area contributed by atoms with E-state index in [9.17, 15) is 4.39 Å². The van der Waals surface area contributed by atoms with Gasteiger partial charge in [0.1, 0.15) is 5.82 Å². The zero-order valence-electron chi connectivity index (χ0n) is 13.6. The molecule has 0 aliphatic rings. The number of hydrogen-bond acceptors (Lipinski definition) is 2. The van der Waals surface area contributed by atoms with Crippen molar-refractivity contribution >= 4 is 0 Å². The highest BCUT2D eigenvalue weighted by atomic mass is 19.1. The van der Waals surface area contributed by atoms with Crippen LogP contribution in [0.2, 0.25) is 0 Å². The van der Waals surface area contributed by atoms with Crippen LogP contribution < -0.4 is 5.73 Å². The van der Waals surface area contributed by atoms with E-state index in [1.807, 2.05) is 12.1 Å². The monoisotopic (exact) mass is 290 g/mol. The van der Waals surface area contributed by atoms with Crippen LogP contribution in [-0.4, -0.2) is 24.5 Å². The molecule has 2 N–H and O–H groups in total. The summed E-state index contributed by atoms with van der Waals surface area (Å²) >= 11 is 0. The Labute approximate surface area is 128 Å². The summed E-state index contributed by atoms with van der Waals surface area (Å²) in [5.41, 5.74) is 6.88. The second-order valence-corrected chi connectivity index (χ2v) is 6.30. The highest BCUT2D eigenvalue weighted by molar-refractivity contribution is 5.38. The molecule has 0 atom stereocenters. The van der Waals surface area contributed by atoms with E-state index in [0.29, 0.717) is 17.4 Å². The Kier molecular flexibility index (Phi) is 7.42. The molecular formula is C18H27FN2. The predicted octanol–water partition coefficient (Wildman–Crippen LogP) is 3.25. The molecule has 0 amide bonds. The van der Waals surface area contributed by atoms with Crippen molar-refractivity contribution in [3.8, 4) is 11.8 Å². The maximum Gasteiger partial charge on any atom is 0.138 e. The molecule has 0 aliphatic heterocycles. The van der Waals surface area contributed by atoms with E-state index in [-0.39, 0.29) is 12.4 Å². The lowest BCUT2D eigenvalue weighted by molar-refractivity contribution is 0.211. The van der Waals surface area contributed by atoms with E-state index in [1.165, 1.54) is 6.07 Å². The van der Waals surface area contributed by atoms with Gasteiger partial charge < -0.3 is 5.73 Å². The van der Waals surface area contributed by atoms with Crippen LogP contribution in [0.4, 0.5) is 4.39 Å². The molecule has 0 aliphatic carbocycles. The molecule has 0 spiro atoms. The van der Waals surface area contributed by atoms with Crippen LogP contribution in [-0.2, 0) is 6.54 Å². The van der Waals surface area contributed by atoms with Crippen LogP contribution in [0.5, 0.6) is 0 Å². The van der Waals surface area contributed by atoms with E-state index >= 15 is 0 Å². The molecule has 3 heteroatoms. The van der Waals surface area contributed by atoms with Gasteiger partial charge in [0.15, 0.2) is 0 Å². The standard InChI is InChI=1S/C18H27FN2/c1-14(2)11-21(12-15(3)4)13-16-7-8-18(19)17(10-16)6-5-9-20/h7-8,10,14-15H,9,11-13,20H2,1-4H3. The summed E-state index contributed by atoms with van der Waals surface area (Å²) in [5.74, 6) is 6.46. The van der Waals surface area contributed by atoms with Crippen molar-refractivity contribution < 1.29 is 4.39 Å². The molecule has 0 fully saturated rings. The quantitative estimate of drug-likeness (QED) is 0.815. The molecular weight excluding hydrogens is 263 g/mol. The van der Waals surface area contributed by atoms with Gasteiger partial charge in [0, 0.05) is 19.6 Å². The molecule has 21 heavy (non-hydrogen) atoms. The minimum atomic E-state index is -0.279. The zero-order chi connectivity index (χ0) is 15.8. The van der Waals surface area contributed by atoms with Crippen LogP contribution in [0.15, 0.2) is 18.2 Å². The van der Waals surface area contributed by atoms with Gasteiger partial charge in [-0.25, -0.2) is 4.39 Å². The molecule has 0 radical (unpaired) electrons.